The van der Waals surface area contributed by atoms with Gasteiger partial charge in [0.15, 0.2) is 5.78 Å². The molecule has 0 aliphatic carbocycles. The van der Waals surface area contributed by atoms with Crippen LogP contribution in [-0.4, -0.2) is 26.7 Å². The molecule has 3 N–H and O–H groups in total. The number of hydrogen-bond donors (Lipinski definition) is 2. The molecule has 0 heterocycles. The molecule has 7 heteroatoms. The van der Waals surface area contributed by atoms with E-state index in [9.17, 15) is 18.0 Å². The molecule has 0 unspecified atom stereocenters. The van der Waals surface area contributed by atoms with Crippen molar-refractivity contribution >= 4 is 21.7 Å². The largest absolute Gasteiger partial charge is 0.369 e. The van der Waals surface area contributed by atoms with Gasteiger partial charge in [-0.15, -0.1) is 0 Å². The van der Waals surface area contributed by atoms with Crippen molar-refractivity contribution in [2.45, 2.75) is 32.1 Å². The van der Waals surface area contributed by atoms with Gasteiger partial charge in [-0.3, -0.25) is 9.59 Å². The van der Waals surface area contributed by atoms with E-state index in [1.54, 1.807) is 26.8 Å². The van der Waals surface area contributed by atoms with Crippen molar-refractivity contribution in [2.24, 2.45) is 11.1 Å². The molecule has 1 rings (SSSR count). The highest BCUT2D eigenvalue weighted by Gasteiger charge is 2.27. The molecule has 0 saturated carbocycles. The summed E-state index contributed by atoms with van der Waals surface area (Å²) < 4.78 is 26.7. The number of rotatable bonds is 7. The third kappa shape index (κ3) is 4.37. The van der Waals surface area contributed by atoms with Gasteiger partial charge < -0.3 is 5.73 Å². The van der Waals surface area contributed by atoms with E-state index in [1.807, 2.05) is 0 Å². The fourth-order valence-corrected chi connectivity index (χ4v) is 2.74. The molecule has 0 spiro atoms. The number of benzene rings is 1. The predicted octanol–water partition coefficient (Wildman–Crippen LogP) is 1.07. The van der Waals surface area contributed by atoms with Crippen LogP contribution in [0.15, 0.2) is 29.2 Å². The second-order valence-corrected chi connectivity index (χ2v) is 7.14. The van der Waals surface area contributed by atoms with Crippen LogP contribution in [-0.2, 0) is 14.8 Å². The van der Waals surface area contributed by atoms with Crippen LogP contribution in [0.4, 0.5) is 0 Å². The van der Waals surface area contributed by atoms with Crippen molar-refractivity contribution in [1.29, 1.82) is 0 Å². The van der Waals surface area contributed by atoms with Gasteiger partial charge in [0.2, 0.25) is 15.9 Å². The summed E-state index contributed by atoms with van der Waals surface area (Å²) in [5, 5.41) is 0. The second-order valence-electron chi connectivity index (χ2n) is 5.38. The highest BCUT2D eigenvalue weighted by Crippen LogP contribution is 2.16. The lowest BCUT2D eigenvalue weighted by Gasteiger charge is -2.20. The van der Waals surface area contributed by atoms with Gasteiger partial charge in [-0.1, -0.05) is 19.1 Å². The van der Waals surface area contributed by atoms with Crippen LogP contribution in [0, 0.1) is 5.41 Å². The summed E-state index contributed by atoms with van der Waals surface area (Å²) in [6.45, 7) is 4.69. The Balaban J connectivity index is 2.99. The summed E-state index contributed by atoms with van der Waals surface area (Å²) in [6, 6.07) is 5.80. The Morgan fingerprint density at radius 1 is 1.29 bits per heavy atom. The molecule has 0 radical (unpaired) electrons. The zero-order valence-corrected chi connectivity index (χ0v) is 13.2. The van der Waals surface area contributed by atoms with Gasteiger partial charge in [0, 0.05) is 18.5 Å². The van der Waals surface area contributed by atoms with Gasteiger partial charge in [-0.25, -0.2) is 13.1 Å². The Morgan fingerprint density at radius 2 is 1.90 bits per heavy atom. The third-order valence-corrected chi connectivity index (χ3v) is 4.56. The zero-order chi connectivity index (χ0) is 16.3. The number of carbonyl (C=O) groups excluding carboxylic acids is 2. The summed E-state index contributed by atoms with van der Waals surface area (Å²) in [7, 11) is -3.80. The molecule has 1 amide bonds. The van der Waals surface area contributed by atoms with E-state index in [-0.39, 0.29) is 17.2 Å². The summed E-state index contributed by atoms with van der Waals surface area (Å²) in [5.74, 6) is -0.732. The fourth-order valence-electron chi connectivity index (χ4n) is 1.49. The number of Topliss-reactive ketones (excluding diaryl/α,β-unsaturated/α-hetero) is 1. The van der Waals surface area contributed by atoms with Crippen molar-refractivity contribution in [2.75, 3.05) is 6.54 Å². The Labute approximate surface area is 124 Å². The SMILES string of the molecule is CCC(=O)c1cccc(S(=O)(=O)NCC(C)(C)C(N)=O)c1. The number of carbonyl (C=O) groups is 2. The normalized spacial score (nSPS) is 12.1. The lowest BCUT2D eigenvalue weighted by molar-refractivity contribution is -0.125. The first kappa shape index (κ1) is 17.3. The maximum absolute atomic E-state index is 12.2. The van der Waals surface area contributed by atoms with Crippen LogP contribution in [0.5, 0.6) is 0 Å². The maximum Gasteiger partial charge on any atom is 0.240 e. The molecule has 21 heavy (non-hydrogen) atoms. The van der Waals surface area contributed by atoms with Crippen molar-refractivity contribution < 1.29 is 18.0 Å². The van der Waals surface area contributed by atoms with Crippen molar-refractivity contribution in [3.05, 3.63) is 29.8 Å². The second kappa shape index (κ2) is 6.36. The Morgan fingerprint density at radius 3 is 2.43 bits per heavy atom. The average molecular weight is 312 g/mol. The molecular formula is C14H20N2O4S. The number of nitrogens with one attached hydrogen (secondary N) is 1. The predicted molar refractivity (Wildman–Crippen MR) is 79.2 cm³/mol. The molecule has 1 aromatic carbocycles. The highest BCUT2D eigenvalue weighted by atomic mass is 32.2. The first-order valence-electron chi connectivity index (χ1n) is 6.53. The minimum absolute atomic E-state index is 0.0120. The molecule has 0 fully saturated rings. The lowest BCUT2D eigenvalue weighted by Crippen LogP contribution is -2.42. The van der Waals surface area contributed by atoms with Gasteiger partial charge in [0.1, 0.15) is 0 Å². The Kier molecular flexibility index (Phi) is 5.25. The molecule has 0 saturated heterocycles. The minimum Gasteiger partial charge on any atom is -0.369 e. The van der Waals surface area contributed by atoms with Crippen LogP contribution in [0.25, 0.3) is 0 Å². The van der Waals surface area contributed by atoms with Crippen LogP contribution in [0.2, 0.25) is 0 Å². The number of ketones is 1. The highest BCUT2D eigenvalue weighted by molar-refractivity contribution is 7.89. The molecule has 0 aliphatic rings. The molecule has 0 atom stereocenters. The van der Waals surface area contributed by atoms with E-state index in [2.05, 4.69) is 4.72 Å². The average Bonchev–Trinajstić information content (AvgIpc) is 2.44. The van der Waals surface area contributed by atoms with E-state index in [0.717, 1.165) is 0 Å². The molecule has 0 bridgehead atoms. The third-order valence-electron chi connectivity index (χ3n) is 3.16. The monoisotopic (exact) mass is 312 g/mol. The zero-order valence-electron chi connectivity index (χ0n) is 12.3. The van der Waals surface area contributed by atoms with E-state index in [1.165, 1.54) is 18.2 Å². The van der Waals surface area contributed by atoms with Crippen LogP contribution >= 0.6 is 0 Å². The molecular weight excluding hydrogens is 292 g/mol. The summed E-state index contributed by atoms with van der Waals surface area (Å²) >= 11 is 0. The van der Waals surface area contributed by atoms with Crippen LogP contribution < -0.4 is 10.5 Å². The quantitative estimate of drug-likeness (QED) is 0.734. The molecule has 1 aromatic rings. The summed E-state index contributed by atoms with van der Waals surface area (Å²) in [4.78, 5) is 22.8. The summed E-state index contributed by atoms with van der Waals surface area (Å²) in [6.07, 6.45) is 0.297. The number of hydrogen-bond acceptors (Lipinski definition) is 4. The fraction of sp³-hybridized carbons (Fsp3) is 0.429. The van der Waals surface area contributed by atoms with E-state index < -0.39 is 21.3 Å². The number of sulfonamides is 1. The van der Waals surface area contributed by atoms with Gasteiger partial charge in [-0.2, -0.15) is 0 Å². The van der Waals surface area contributed by atoms with Crippen LogP contribution in [0.3, 0.4) is 0 Å². The van der Waals surface area contributed by atoms with Gasteiger partial charge in [0.25, 0.3) is 0 Å². The number of primary amides is 1. The molecule has 116 valence electrons. The van der Waals surface area contributed by atoms with E-state index in [4.69, 9.17) is 5.73 Å². The minimum atomic E-state index is -3.80. The number of nitrogens with two attached hydrogens (primary N) is 1. The lowest BCUT2D eigenvalue weighted by atomic mass is 9.93. The van der Waals surface area contributed by atoms with E-state index >= 15 is 0 Å². The van der Waals surface area contributed by atoms with Gasteiger partial charge in [-0.05, 0) is 26.0 Å². The smallest absolute Gasteiger partial charge is 0.240 e. The maximum atomic E-state index is 12.2. The number of amides is 1. The first-order valence-corrected chi connectivity index (χ1v) is 8.01. The van der Waals surface area contributed by atoms with Crippen molar-refractivity contribution in [1.82, 2.24) is 4.72 Å². The molecule has 6 nitrogen and oxygen atoms in total. The molecule has 0 aliphatic heterocycles. The Bertz CT molecular complexity index is 651. The van der Waals surface area contributed by atoms with Crippen molar-refractivity contribution in [3.8, 4) is 0 Å². The van der Waals surface area contributed by atoms with Crippen LogP contribution in [0.1, 0.15) is 37.6 Å². The Hall–Kier alpha value is -1.73. The standard InChI is InChI=1S/C14H20N2O4S/c1-4-12(17)10-6-5-7-11(8-10)21(19,20)16-9-14(2,3)13(15)18/h5-8,16H,4,9H2,1-3H3,(H2,15,18). The topological polar surface area (TPSA) is 106 Å². The first-order chi connectivity index (χ1) is 9.60. The van der Waals surface area contributed by atoms with Crippen molar-refractivity contribution in [3.63, 3.8) is 0 Å². The molecule has 0 aromatic heterocycles. The van der Waals surface area contributed by atoms with Gasteiger partial charge >= 0.3 is 0 Å². The summed E-state index contributed by atoms with van der Waals surface area (Å²) in [5.41, 5.74) is 4.55. The van der Waals surface area contributed by atoms with Gasteiger partial charge in [0.05, 0.1) is 10.3 Å². The van der Waals surface area contributed by atoms with E-state index in [0.29, 0.717) is 12.0 Å².